The van der Waals surface area contributed by atoms with Crippen molar-refractivity contribution in [2.45, 2.75) is 6.42 Å². The summed E-state index contributed by atoms with van der Waals surface area (Å²) in [5, 5.41) is 10.5. The van der Waals surface area contributed by atoms with Crippen molar-refractivity contribution in [3.8, 4) is 5.69 Å². The molecule has 0 spiro atoms. The van der Waals surface area contributed by atoms with Gasteiger partial charge in [0, 0.05) is 12.7 Å². The summed E-state index contributed by atoms with van der Waals surface area (Å²) in [6, 6.07) is 9.77. The molecule has 1 aliphatic heterocycles. The highest BCUT2D eigenvalue weighted by molar-refractivity contribution is 5.93. The Labute approximate surface area is 118 Å². The first-order chi connectivity index (χ1) is 9.83. The van der Waals surface area contributed by atoms with Crippen molar-refractivity contribution < 1.29 is 4.79 Å². The van der Waals surface area contributed by atoms with Crippen LogP contribution in [0.1, 0.15) is 16.8 Å². The molecule has 1 fully saturated rings. The van der Waals surface area contributed by atoms with E-state index in [1.54, 1.807) is 17.1 Å². The summed E-state index contributed by atoms with van der Waals surface area (Å²) < 4.78 is 1.71. The van der Waals surface area contributed by atoms with Gasteiger partial charge in [0.05, 0.1) is 17.4 Å². The summed E-state index contributed by atoms with van der Waals surface area (Å²) in [5.41, 5.74) is 1.55. The van der Waals surface area contributed by atoms with Crippen molar-refractivity contribution in [1.29, 1.82) is 0 Å². The van der Waals surface area contributed by atoms with Crippen molar-refractivity contribution in [3.05, 3.63) is 48.3 Å². The number of amides is 1. The predicted molar refractivity (Wildman–Crippen MR) is 76.9 cm³/mol. The van der Waals surface area contributed by atoms with E-state index in [4.69, 9.17) is 0 Å². The molecule has 1 atom stereocenters. The molecule has 2 heterocycles. The second kappa shape index (κ2) is 5.88. The molecule has 0 aliphatic carbocycles. The smallest absolute Gasteiger partial charge is 0.254 e. The van der Waals surface area contributed by atoms with Gasteiger partial charge < -0.3 is 10.6 Å². The normalized spacial score (nSPS) is 18.1. The van der Waals surface area contributed by atoms with E-state index in [1.807, 2.05) is 30.3 Å². The largest absolute Gasteiger partial charge is 0.352 e. The van der Waals surface area contributed by atoms with Gasteiger partial charge in [-0.15, -0.1) is 0 Å². The van der Waals surface area contributed by atoms with E-state index in [0.29, 0.717) is 11.5 Å². The van der Waals surface area contributed by atoms with Crippen molar-refractivity contribution in [3.63, 3.8) is 0 Å². The molecule has 0 bridgehead atoms. The molecule has 1 unspecified atom stereocenters. The predicted octanol–water partition coefficient (Wildman–Crippen LogP) is 1.21. The lowest BCUT2D eigenvalue weighted by atomic mass is 10.1. The van der Waals surface area contributed by atoms with E-state index in [0.717, 1.165) is 31.7 Å². The molecular weight excluding hydrogens is 252 g/mol. The van der Waals surface area contributed by atoms with Gasteiger partial charge in [-0.1, -0.05) is 18.2 Å². The third-order valence-electron chi connectivity index (χ3n) is 3.58. The Balaban J connectivity index is 1.62. The third-order valence-corrected chi connectivity index (χ3v) is 3.58. The Kier molecular flexibility index (Phi) is 3.78. The van der Waals surface area contributed by atoms with Gasteiger partial charge in [0.25, 0.3) is 5.91 Å². The molecule has 20 heavy (non-hydrogen) atoms. The molecule has 2 aromatic rings. The van der Waals surface area contributed by atoms with Crippen molar-refractivity contribution in [2.75, 3.05) is 19.6 Å². The fourth-order valence-corrected chi connectivity index (χ4v) is 2.39. The first kappa shape index (κ1) is 12.9. The number of carbonyl (C=O) groups excluding carboxylic acids is 1. The average molecular weight is 270 g/mol. The van der Waals surface area contributed by atoms with Crippen LogP contribution >= 0.6 is 0 Å². The number of aromatic nitrogens is 2. The van der Waals surface area contributed by atoms with Gasteiger partial charge >= 0.3 is 0 Å². The van der Waals surface area contributed by atoms with Crippen LogP contribution in [0.2, 0.25) is 0 Å². The van der Waals surface area contributed by atoms with Crippen LogP contribution in [-0.4, -0.2) is 35.3 Å². The minimum absolute atomic E-state index is 0.0564. The zero-order chi connectivity index (χ0) is 13.8. The molecule has 1 amide bonds. The monoisotopic (exact) mass is 270 g/mol. The minimum Gasteiger partial charge on any atom is -0.352 e. The second-order valence-electron chi connectivity index (χ2n) is 5.08. The van der Waals surface area contributed by atoms with Crippen LogP contribution in [-0.2, 0) is 0 Å². The van der Waals surface area contributed by atoms with Crippen molar-refractivity contribution in [1.82, 2.24) is 20.4 Å². The first-order valence-corrected chi connectivity index (χ1v) is 6.92. The molecule has 5 nitrogen and oxygen atoms in total. The number of carbonyl (C=O) groups is 1. The average Bonchev–Trinajstić information content (AvgIpc) is 3.17. The number of para-hydroxylation sites is 1. The maximum absolute atomic E-state index is 12.1. The van der Waals surface area contributed by atoms with Gasteiger partial charge in [-0.25, -0.2) is 4.68 Å². The fourth-order valence-electron chi connectivity index (χ4n) is 2.39. The van der Waals surface area contributed by atoms with E-state index >= 15 is 0 Å². The lowest BCUT2D eigenvalue weighted by molar-refractivity contribution is 0.0948. The summed E-state index contributed by atoms with van der Waals surface area (Å²) >= 11 is 0. The molecule has 104 valence electrons. The highest BCUT2D eigenvalue weighted by Gasteiger charge is 2.16. The number of nitrogens with zero attached hydrogens (tertiary/aromatic N) is 2. The molecule has 1 saturated heterocycles. The number of rotatable bonds is 4. The summed E-state index contributed by atoms with van der Waals surface area (Å²) in [5.74, 6) is 0.488. The first-order valence-electron chi connectivity index (χ1n) is 6.92. The molecule has 0 saturated carbocycles. The summed E-state index contributed by atoms with van der Waals surface area (Å²) in [7, 11) is 0. The van der Waals surface area contributed by atoms with Gasteiger partial charge in [0.15, 0.2) is 0 Å². The van der Waals surface area contributed by atoms with Crippen LogP contribution in [0, 0.1) is 5.92 Å². The Hall–Kier alpha value is -2.14. The molecular formula is C15H18N4O. The minimum atomic E-state index is -0.0564. The summed E-state index contributed by atoms with van der Waals surface area (Å²) in [6.07, 6.45) is 4.50. The maximum atomic E-state index is 12.1. The van der Waals surface area contributed by atoms with Gasteiger partial charge in [-0.3, -0.25) is 4.79 Å². The Bertz CT molecular complexity index is 573. The zero-order valence-electron chi connectivity index (χ0n) is 11.2. The highest BCUT2D eigenvalue weighted by Crippen LogP contribution is 2.09. The zero-order valence-corrected chi connectivity index (χ0v) is 11.2. The molecule has 0 radical (unpaired) electrons. The fraction of sp³-hybridized carbons (Fsp3) is 0.333. The number of benzene rings is 1. The summed E-state index contributed by atoms with van der Waals surface area (Å²) in [4.78, 5) is 12.1. The Morgan fingerprint density at radius 3 is 3.00 bits per heavy atom. The number of hydrogen-bond acceptors (Lipinski definition) is 3. The van der Waals surface area contributed by atoms with E-state index in [1.165, 1.54) is 0 Å². The molecule has 1 aromatic carbocycles. The molecule has 2 N–H and O–H groups in total. The maximum Gasteiger partial charge on any atom is 0.254 e. The lowest BCUT2D eigenvalue weighted by Gasteiger charge is -2.08. The van der Waals surface area contributed by atoms with Crippen LogP contribution < -0.4 is 10.6 Å². The quantitative estimate of drug-likeness (QED) is 0.878. The number of hydrogen-bond donors (Lipinski definition) is 2. The van der Waals surface area contributed by atoms with Gasteiger partial charge in [-0.2, -0.15) is 5.10 Å². The van der Waals surface area contributed by atoms with E-state index in [2.05, 4.69) is 15.7 Å². The van der Waals surface area contributed by atoms with E-state index < -0.39 is 0 Å². The lowest BCUT2D eigenvalue weighted by Crippen LogP contribution is -2.30. The van der Waals surface area contributed by atoms with Crippen molar-refractivity contribution in [2.24, 2.45) is 5.92 Å². The van der Waals surface area contributed by atoms with Crippen LogP contribution in [0.5, 0.6) is 0 Å². The molecule has 3 rings (SSSR count). The third kappa shape index (κ3) is 2.88. The van der Waals surface area contributed by atoms with E-state index in [9.17, 15) is 4.79 Å². The van der Waals surface area contributed by atoms with Crippen LogP contribution in [0.4, 0.5) is 0 Å². The van der Waals surface area contributed by atoms with Crippen molar-refractivity contribution >= 4 is 5.91 Å². The highest BCUT2D eigenvalue weighted by atomic mass is 16.1. The van der Waals surface area contributed by atoms with Crippen LogP contribution in [0.15, 0.2) is 42.7 Å². The van der Waals surface area contributed by atoms with Gasteiger partial charge in [0.1, 0.15) is 0 Å². The molecule has 5 heteroatoms. The van der Waals surface area contributed by atoms with Gasteiger partial charge in [0.2, 0.25) is 0 Å². The van der Waals surface area contributed by atoms with Gasteiger partial charge in [-0.05, 0) is 37.6 Å². The Morgan fingerprint density at radius 2 is 2.25 bits per heavy atom. The molecule has 1 aromatic heterocycles. The van der Waals surface area contributed by atoms with Crippen LogP contribution in [0.25, 0.3) is 5.69 Å². The Morgan fingerprint density at radius 1 is 1.40 bits per heavy atom. The van der Waals surface area contributed by atoms with Crippen LogP contribution in [0.3, 0.4) is 0 Å². The van der Waals surface area contributed by atoms with E-state index in [-0.39, 0.29) is 5.91 Å². The number of nitrogens with one attached hydrogen (secondary N) is 2. The SMILES string of the molecule is O=C(NCC1CCNC1)c1cnn(-c2ccccc2)c1. The standard InChI is InChI=1S/C15H18N4O/c20-15(17-9-12-6-7-16-8-12)13-10-18-19(11-13)14-4-2-1-3-5-14/h1-5,10-12,16H,6-9H2,(H,17,20). The second-order valence-corrected chi connectivity index (χ2v) is 5.08. The topological polar surface area (TPSA) is 59.0 Å². The molecule has 1 aliphatic rings. The summed E-state index contributed by atoms with van der Waals surface area (Å²) in [6.45, 7) is 2.76.